The van der Waals surface area contributed by atoms with Crippen LogP contribution in [0.3, 0.4) is 0 Å². The summed E-state index contributed by atoms with van der Waals surface area (Å²) in [4.78, 5) is 14.1. The van der Waals surface area contributed by atoms with Gasteiger partial charge in [-0.15, -0.1) is 0 Å². The number of piperidine rings is 1. The standard InChI is InChI=1S/C18H23N3O4/c1-23-17(22)13-5-6-15-14(10-13)11-19-21(15)12-20-7-3-2-4-16(20)18-24-8-9-25-18/h5-6,10-11,16,18H,2-4,7-9,12H2,1H3/t16-/m1/s1. The minimum Gasteiger partial charge on any atom is -0.465 e. The third kappa shape index (κ3) is 3.27. The largest absolute Gasteiger partial charge is 0.465 e. The van der Waals surface area contributed by atoms with Gasteiger partial charge in [0.1, 0.15) is 0 Å². The van der Waals surface area contributed by atoms with Crippen molar-refractivity contribution in [1.29, 1.82) is 0 Å². The molecule has 1 aromatic carbocycles. The number of rotatable bonds is 4. The molecule has 0 unspecified atom stereocenters. The molecule has 1 aromatic heterocycles. The van der Waals surface area contributed by atoms with Crippen molar-refractivity contribution in [2.75, 3.05) is 26.9 Å². The Bertz CT molecular complexity index is 754. The Labute approximate surface area is 146 Å². The van der Waals surface area contributed by atoms with Gasteiger partial charge in [-0.2, -0.15) is 5.10 Å². The highest BCUT2D eigenvalue weighted by atomic mass is 16.7. The van der Waals surface area contributed by atoms with E-state index in [9.17, 15) is 4.79 Å². The van der Waals surface area contributed by atoms with Crippen molar-refractivity contribution >= 4 is 16.9 Å². The second kappa shape index (κ2) is 7.11. The molecule has 0 spiro atoms. The predicted octanol–water partition coefficient (Wildman–Crippen LogP) is 2.01. The summed E-state index contributed by atoms with van der Waals surface area (Å²) in [5.41, 5.74) is 1.54. The molecule has 0 saturated carbocycles. The van der Waals surface area contributed by atoms with Crippen LogP contribution in [0.2, 0.25) is 0 Å². The lowest BCUT2D eigenvalue weighted by molar-refractivity contribution is -0.116. The second-order valence-electron chi connectivity index (χ2n) is 6.54. The van der Waals surface area contributed by atoms with Crippen molar-refractivity contribution in [3.63, 3.8) is 0 Å². The van der Waals surface area contributed by atoms with Crippen LogP contribution < -0.4 is 0 Å². The molecule has 2 fully saturated rings. The predicted molar refractivity (Wildman–Crippen MR) is 91.1 cm³/mol. The number of methoxy groups -OCH3 is 1. The van der Waals surface area contributed by atoms with Crippen LogP contribution in [0.5, 0.6) is 0 Å². The van der Waals surface area contributed by atoms with Crippen molar-refractivity contribution in [3.8, 4) is 0 Å². The SMILES string of the molecule is COC(=O)c1ccc2c(cnn2CN2CCCC[C@@H]2C2OCCO2)c1. The summed E-state index contributed by atoms with van der Waals surface area (Å²) >= 11 is 0. The van der Waals surface area contributed by atoms with Crippen LogP contribution >= 0.6 is 0 Å². The lowest BCUT2D eigenvalue weighted by atomic mass is 10.0. The first-order valence-corrected chi connectivity index (χ1v) is 8.77. The van der Waals surface area contributed by atoms with Crippen LogP contribution in [-0.4, -0.2) is 59.8 Å². The molecule has 3 heterocycles. The van der Waals surface area contributed by atoms with Gasteiger partial charge in [0, 0.05) is 11.9 Å². The van der Waals surface area contributed by atoms with E-state index in [2.05, 4.69) is 10.00 Å². The summed E-state index contributed by atoms with van der Waals surface area (Å²) in [7, 11) is 1.39. The lowest BCUT2D eigenvalue weighted by Gasteiger charge is -2.37. The molecule has 0 radical (unpaired) electrons. The van der Waals surface area contributed by atoms with E-state index in [0.717, 1.165) is 23.9 Å². The highest BCUT2D eigenvalue weighted by Gasteiger charge is 2.34. The zero-order chi connectivity index (χ0) is 17.2. The number of carbonyl (C=O) groups is 1. The molecule has 0 aliphatic carbocycles. The summed E-state index contributed by atoms with van der Waals surface area (Å²) in [6.45, 7) is 3.05. The highest BCUT2D eigenvalue weighted by Crippen LogP contribution is 2.26. The number of benzene rings is 1. The fourth-order valence-electron chi connectivity index (χ4n) is 3.72. The van der Waals surface area contributed by atoms with Crippen molar-refractivity contribution in [2.45, 2.75) is 38.3 Å². The van der Waals surface area contributed by atoms with Gasteiger partial charge in [0.25, 0.3) is 0 Å². The topological polar surface area (TPSA) is 65.8 Å². The van der Waals surface area contributed by atoms with Crippen LogP contribution in [0, 0.1) is 0 Å². The summed E-state index contributed by atoms with van der Waals surface area (Å²) in [5, 5.41) is 5.45. The van der Waals surface area contributed by atoms with Gasteiger partial charge in [-0.25, -0.2) is 4.79 Å². The highest BCUT2D eigenvalue weighted by molar-refractivity contribution is 5.94. The Balaban J connectivity index is 1.55. The average Bonchev–Trinajstić information content (AvgIpc) is 3.31. The van der Waals surface area contributed by atoms with E-state index < -0.39 is 0 Å². The number of ether oxygens (including phenoxy) is 3. The monoisotopic (exact) mass is 345 g/mol. The van der Waals surface area contributed by atoms with Crippen LogP contribution in [0.1, 0.15) is 29.6 Å². The molecular formula is C18H23N3O4. The molecule has 0 bridgehead atoms. The minimum absolute atomic E-state index is 0.131. The van der Waals surface area contributed by atoms with Crippen LogP contribution in [0.15, 0.2) is 24.4 Å². The molecule has 2 saturated heterocycles. The smallest absolute Gasteiger partial charge is 0.337 e. The minimum atomic E-state index is -0.332. The Morgan fingerprint density at radius 3 is 2.96 bits per heavy atom. The third-order valence-electron chi connectivity index (χ3n) is 5.00. The van der Waals surface area contributed by atoms with Gasteiger partial charge in [0.15, 0.2) is 6.29 Å². The molecular weight excluding hydrogens is 322 g/mol. The number of likely N-dealkylation sites (tertiary alicyclic amines) is 1. The zero-order valence-corrected chi connectivity index (χ0v) is 14.4. The average molecular weight is 345 g/mol. The van der Waals surface area contributed by atoms with E-state index in [-0.39, 0.29) is 18.3 Å². The molecule has 7 heteroatoms. The molecule has 0 amide bonds. The number of esters is 1. The fraction of sp³-hybridized carbons (Fsp3) is 0.556. The molecule has 0 N–H and O–H groups in total. The zero-order valence-electron chi connectivity index (χ0n) is 14.4. The number of nitrogens with zero attached hydrogens (tertiary/aromatic N) is 3. The first-order valence-electron chi connectivity index (χ1n) is 8.77. The molecule has 7 nitrogen and oxygen atoms in total. The Hall–Kier alpha value is -1.96. The van der Waals surface area contributed by atoms with Crippen molar-refractivity contribution in [3.05, 3.63) is 30.0 Å². The number of aromatic nitrogens is 2. The Kier molecular flexibility index (Phi) is 4.70. The van der Waals surface area contributed by atoms with Crippen LogP contribution in [0.25, 0.3) is 10.9 Å². The second-order valence-corrected chi connectivity index (χ2v) is 6.54. The maximum Gasteiger partial charge on any atom is 0.337 e. The summed E-state index contributed by atoms with van der Waals surface area (Å²) in [6, 6.07) is 5.80. The van der Waals surface area contributed by atoms with E-state index in [0.29, 0.717) is 25.4 Å². The molecule has 2 aliphatic heterocycles. The van der Waals surface area contributed by atoms with Crippen LogP contribution in [0.4, 0.5) is 0 Å². The third-order valence-corrected chi connectivity index (χ3v) is 5.00. The van der Waals surface area contributed by atoms with E-state index in [4.69, 9.17) is 14.2 Å². The van der Waals surface area contributed by atoms with E-state index in [1.807, 2.05) is 16.8 Å². The molecule has 2 aliphatic rings. The molecule has 25 heavy (non-hydrogen) atoms. The molecule has 4 rings (SSSR count). The van der Waals surface area contributed by atoms with Gasteiger partial charge < -0.3 is 14.2 Å². The number of hydrogen-bond acceptors (Lipinski definition) is 6. The first kappa shape index (κ1) is 16.5. The number of hydrogen-bond donors (Lipinski definition) is 0. The normalized spacial score (nSPS) is 22.5. The summed E-state index contributed by atoms with van der Waals surface area (Å²) < 4.78 is 18.2. The van der Waals surface area contributed by atoms with Gasteiger partial charge in [-0.3, -0.25) is 9.58 Å². The maximum absolute atomic E-state index is 11.7. The Morgan fingerprint density at radius 2 is 2.16 bits per heavy atom. The van der Waals surface area contributed by atoms with Gasteiger partial charge in [0.05, 0.1) is 50.3 Å². The molecule has 2 aromatic rings. The van der Waals surface area contributed by atoms with E-state index >= 15 is 0 Å². The maximum atomic E-state index is 11.7. The number of carbonyl (C=O) groups excluding carboxylic acids is 1. The van der Waals surface area contributed by atoms with E-state index in [1.165, 1.54) is 20.0 Å². The van der Waals surface area contributed by atoms with Gasteiger partial charge in [0.2, 0.25) is 0 Å². The molecule has 1 atom stereocenters. The van der Waals surface area contributed by atoms with E-state index in [1.54, 1.807) is 12.3 Å². The van der Waals surface area contributed by atoms with Gasteiger partial charge >= 0.3 is 5.97 Å². The lowest BCUT2D eigenvalue weighted by Crippen LogP contribution is -2.47. The van der Waals surface area contributed by atoms with Gasteiger partial charge in [-0.1, -0.05) is 6.42 Å². The summed E-state index contributed by atoms with van der Waals surface area (Å²) in [6.07, 6.45) is 5.12. The number of fused-ring (bicyclic) bond motifs is 1. The van der Waals surface area contributed by atoms with Crippen LogP contribution in [-0.2, 0) is 20.9 Å². The summed E-state index contributed by atoms with van der Waals surface area (Å²) in [5.74, 6) is -0.332. The van der Waals surface area contributed by atoms with Gasteiger partial charge in [-0.05, 0) is 31.0 Å². The Morgan fingerprint density at radius 1 is 1.32 bits per heavy atom. The van der Waals surface area contributed by atoms with Crippen molar-refractivity contribution in [1.82, 2.24) is 14.7 Å². The first-order chi connectivity index (χ1) is 12.3. The fourth-order valence-corrected chi connectivity index (χ4v) is 3.72. The molecule has 134 valence electrons. The quantitative estimate of drug-likeness (QED) is 0.790. The van der Waals surface area contributed by atoms with Crippen molar-refractivity contribution < 1.29 is 19.0 Å². The van der Waals surface area contributed by atoms with Crippen molar-refractivity contribution in [2.24, 2.45) is 0 Å².